The molecule has 4 heteroatoms. The molecule has 2 amide bonds. The third kappa shape index (κ3) is 3.96. The van der Waals surface area contributed by atoms with Gasteiger partial charge in [-0.2, -0.15) is 0 Å². The highest BCUT2D eigenvalue weighted by molar-refractivity contribution is 5.73. The summed E-state index contributed by atoms with van der Waals surface area (Å²) in [5, 5.41) is 2.87. The lowest BCUT2D eigenvalue weighted by Crippen LogP contribution is -2.41. The summed E-state index contributed by atoms with van der Waals surface area (Å²) in [4.78, 5) is 15.2. The van der Waals surface area contributed by atoms with Crippen LogP contribution in [0.25, 0.3) is 0 Å². The predicted molar refractivity (Wildman–Crippen MR) is 57.4 cm³/mol. The van der Waals surface area contributed by atoms with Crippen LogP contribution in [0.5, 0.6) is 0 Å². The SMILES string of the molecule is CN(C)C(=O)NCCN1CCCCC1. The molecular weight excluding hydrogens is 178 g/mol. The number of piperidine rings is 1. The van der Waals surface area contributed by atoms with Crippen molar-refractivity contribution in [1.82, 2.24) is 15.1 Å². The summed E-state index contributed by atoms with van der Waals surface area (Å²) < 4.78 is 0. The Morgan fingerprint density at radius 2 is 1.93 bits per heavy atom. The van der Waals surface area contributed by atoms with Gasteiger partial charge in [-0.3, -0.25) is 0 Å². The van der Waals surface area contributed by atoms with Gasteiger partial charge in [-0.15, -0.1) is 0 Å². The molecule has 0 bridgehead atoms. The normalized spacial score (nSPS) is 17.9. The Labute approximate surface area is 86.2 Å². The fourth-order valence-electron chi connectivity index (χ4n) is 1.66. The summed E-state index contributed by atoms with van der Waals surface area (Å²) in [5.41, 5.74) is 0. The highest BCUT2D eigenvalue weighted by Crippen LogP contribution is 2.07. The Balaban J connectivity index is 2.05. The smallest absolute Gasteiger partial charge is 0.316 e. The summed E-state index contributed by atoms with van der Waals surface area (Å²) in [6.07, 6.45) is 3.98. The second kappa shape index (κ2) is 5.86. The topological polar surface area (TPSA) is 35.6 Å². The third-order valence-electron chi connectivity index (χ3n) is 2.56. The number of hydrogen-bond donors (Lipinski definition) is 1. The molecule has 82 valence electrons. The minimum atomic E-state index is 0.00186. The summed E-state index contributed by atoms with van der Waals surface area (Å²) in [5.74, 6) is 0. The van der Waals surface area contributed by atoms with Crippen LogP contribution in [0.1, 0.15) is 19.3 Å². The van der Waals surface area contributed by atoms with Crippen molar-refractivity contribution >= 4 is 6.03 Å². The molecule has 0 aromatic rings. The number of amides is 2. The van der Waals surface area contributed by atoms with Crippen molar-refractivity contribution in [3.05, 3.63) is 0 Å². The van der Waals surface area contributed by atoms with Gasteiger partial charge >= 0.3 is 6.03 Å². The first-order valence-corrected chi connectivity index (χ1v) is 5.37. The summed E-state index contributed by atoms with van der Waals surface area (Å²) in [7, 11) is 3.52. The van der Waals surface area contributed by atoms with E-state index in [1.807, 2.05) is 0 Å². The molecule has 0 radical (unpaired) electrons. The van der Waals surface area contributed by atoms with E-state index in [0.29, 0.717) is 0 Å². The van der Waals surface area contributed by atoms with Crippen molar-refractivity contribution < 1.29 is 4.79 Å². The zero-order chi connectivity index (χ0) is 10.4. The highest BCUT2D eigenvalue weighted by Gasteiger charge is 2.09. The molecular formula is C10H21N3O. The highest BCUT2D eigenvalue weighted by atomic mass is 16.2. The monoisotopic (exact) mass is 199 g/mol. The second-order valence-corrected chi connectivity index (χ2v) is 4.03. The van der Waals surface area contributed by atoms with E-state index in [1.54, 1.807) is 19.0 Å². The number of nitrogens with one attached hydrogen (secondary N) is 1. The molecule has 0 atom stereocenters. The first-order chi connectivity index (χ1) is 6.70. The summed E-state index contributed by atoms with van der Waals surface area (Å²) in [6.45, 7) is 4.13. The van der Waals surface area contributed by atoms with E-state index >= 15 is 0 Å². The molecule has 1 aliphatic rings. The van der Waals surface area contributed by atoms with Gasteiger partial charge in [0.05, 0.1) is 0 Å². The zero-order valence-corrected chi connectivity index (χ0v) is 9.25. The van der Waals surface area contributed by atoms with Crippen LogP contribution in [-0.2, 0) is 0 Å². The van der Waals surface area contributed by atoms with Gasteiger partial charge < -0.3 is 15.1 Å². The first-order valence-electron chi connectivity index (χ1n) is 5.37. The van der Waals surface area contributed by atoms with Crippen molar-refractivity contribution in [3.8, 4) is 0 Å². The second-order valence-electron chi connectivity index (χ2n) is 4.03. The Morgan fingerprint density at radius 3 is 2.50 bits per heavy atom. The van der Waals surface area contributed by atoms with Crippen molar-refractivity contribution in [1.29, 1.82) is 0 Å². The Bertz CT molecular complexity index is 176. The average molecular weight is 199 g/mol. The molecule has 0 aliphatic carbocycles. The van der Waals surface area contributed by atoms with Crippen molar-refractivity contribution in [3.63, 3.8) is 0 Å². The van der Waals surface area contributed by atoms with E-state index < -0.39 is 0 Å². The maximum absolute atomic E-state index is 11.2. The standard InChI is InChI=1S/C10H21N3O/c1-12(2)10(14)11-6-9-13-7-4-3-5-8-13/h3-9H2,1-2H3,(H,11,14). The molecule has 1 fully saturated rings. The number of rotatable bonds is 3. The van der Waals surface area contributed by atoms with Gasteiger partial charge in [0.1, 0.15) is 0 Å². The van der Waals surface area contributed by atoms with Crippen LogP contribution in [-0.4, -0.2) is 56.1 Å². The molecule has 0 aromatic carbocycles. The first kappa shape index (κ1) is 11.3. The largest absolute Gasteiger partial charge is 0.337 e. The number of hydrogen-bond acceptors (Lipinski definition) is 2. The Morgan fingerprint density at radius 1 is 1.29 bits per heavy atom. The lowest BCUT2D eigenvalue weighted by molar-refractivity contribution is 0.206. The summed E-state index contributed by atoms with van der Waals surface area (Å²) in [6, 6.07) is 0.00186. The zero-order valence-electron chi connectivity index (χ0n) is 9.25. The van der Waals surface area contributed by atoms with Crippen LogP contribution in [0.4, 0.5) is 4.79 Å². The van der Waals surface area contributed by atoms with E-state index in [-0.39, 0.29) is 6.03 Å². The third-order valence-corrected chi connectivity index (χ3v) is 2.56. The summed E-state index contributed by atoms with van der Waals surface area (Å²) >= 11 is 0. The molecule has 1 rings (SSSR count). The average Bonchev–Trinajstić information content (AvgIpc) is 2.19. The number of urea groups is 1. The molecule has 1 aliphatic heterocycles. The number of carbonyl (C=O) groups excluding carboxylic acids is 1. The van der Waals surface area contributed by atoms with Gasteiger partial charge in [-0.05, 0) is 25.9 Å². The van der Waals surface area contributed by atoms with Crippen LogP contribution in [0.2, 0.25) is 0 Å². The molecule has 1 N–H and O–H groups in total. The van der Waals surface area contributed by atoms with Crippen LogP contribution in [0.3, 0.4) is 0 Å². The molecule has 1 saturated heterocycles. The van der Waals surface area contributed by atoms with Crippen molar-refractivity contribution in [2.75, 3.05) is 40.3 Å². The molecule has 0 saturated carbocycles. The van der Waals surface area contributed by atoms with Crippen LogP contribution < -0.4 is 5.32 Å². The van der Waals surface area contributed by atoms with Crippen LogP contribution in [0.15, 0.2) is 0 Å². The molecule has 0 unspecified atom stereocenters. The van der Waals surface area contributed by atoms with Gasteiger partial charge in [-0.1, -0.05) is 6.42 Å². The van der Waals surface area contributed by atoms with E-state index in [1.165, 1.54) is 32.4 Å². The number of likely N-dealkylation sites (tertiary alicyclic amines) is 1. The van der Waals surface area contributed by atoms with Crippen molar-refractivity contribution in [2.45, 2.75) is 19.3 Å². The van der Waals surface area contributed by atoms with Crippen LogP contribution in [0, 0.1) is 0 Å². The van der Waals surface area contributed by atoms with Crippen molar-refractivity contribution in [2.24, 2.45) is 0 Å². The van der Waals surface area contributed by atoms with Gasteiger partial charge in [0, 0.05) is 27.2 Å². The quantitative estimate of drug-likeness (QED) is 0.728. The van der Waals surface area contributed by atoms with E-state index in [9.17, 15) is 4.79 Å². The Kier molecular flexibility index (Phi) is 4.73. The minimum absolute atomic E-state index is 0.00186. The van der Waals surface area contributed by atoms with Gasteiger partial charge in [0.25, 0.3) is 0 Å². The van der Waals surface area contributed by atoms with E-state index in [2.05, 4.69) is 10.2 Å². The fourth-order valence-corrected chi connectivity index (χ4v) is 1.66. The van der Waals surface area contributed by atoms with Gasteiger partial charge in [0.2, 0.25) is 0 Å². The maximum atomic E-state index is 11.2. The minimum Gasteiger partial charge on any atom is -0.337 e. The van der Waals surface area contributed by atoms with Crippen LogP contribution >= 0.6 is 0 Å². The molecule has 1 heterocycles. The molecule has 0 spiro atoms. The Hall–Kier alpha value is -0.770. The van der Waals surface area contributed by atoms with E-state index in [4.69, 9.17) is 0 Å². The van der Waals surface area contributed by atoms with E-state index in [0.717, 1.165) is 13.1 Å². The fraction of sp³-hybridized carbons (Fsp3) is 0.900. The lowest BCUT2D eigenvalue weighted by atomic mass is 10.1. The number of carbonyl (C=O) groups is 1. The number of nitrogens with zero attached hydrogens (tertiary/aromatic N) is 2. The predicted octanol–water partition coefficient (Wildman–Crippen LogP) is 0.743. The maximum Gasteiger partial charge on any atom is 0.316 e. The molecule has 4 nitrogen and oxygen atoms in total. The van der Waals surface area contributed by atoms with Gasteiger partial charge in [0.15, 0.2) is 0 Å². The molecule has 0 aromatic heterocycles. The lowest BCUT2D eigenvalue weighted by Gasteiger charge is -2.26. The van der Waals surface area contributed by atoms with Gasteiger partial charge in [-0.25, -0.2) is 4.79 Å². The molecule has 14 heavy (non-hydrogen) atoms.